The number of rotatable bonds is 10. The minimum atomic E-state index is 0. The first-order valence-electron chi connectivity index (χ1n) is 9.33. The molecule has 6 nitrogen and oxygen atoms in total. The number of guanidine groups is 1. The molecule has 1 aromatic carbocycles. The predicted molar refractivity (Wildman–Crippen MR) is 124 cm³/mol. The number of hydrogen-bond donors (Lipinski definition) is 2. The molecule has 0 saturated heterocycles. The normalized spacial score (nSPS) is 14.9. The third kappa shape index (κ3) is 7.06. The highest BCUT2D eigenvalue weighted by Crippen LogP contribution is 2.43. The first kappa shape index (κ1) is 24.4. The van der Waals surface area contributed by atoms with Gasteiger partial charge in [-0.05, 0) is 42.4 Å². The van der Waals surface area contributed by atoms with Crippen LogP contribution in [-0.4, -0.2) is 47.0 Å². The van der Waals surface area contributed by atoms with E-state index in [0.29, 0.717) is 23.5 Å². The Morgan fingerprint density at radius 2 is 2.04 bits per heavy atom. The van der Waals surface area contributed by atoms with Gasteiger partial charge < -0.3 is 24.8 Å². The number of aliphatic imine (C=N–C) groups is 1. The van der Waals surface area contributed by atoms with Crippen molar-refractivity contribution in [1.82, 2.24) is 10.6 Å². The smallest absolute Gasteiger partial charge is 0.191 e. The van der Waals surface area contributed by atoms with Crippen molar-refractivity contribution in [2.75, 3.05) is 41.0 Å². The lowest BCUT2D eigenvalue weighted by atomic mass is 9.67. The molecule has 0 unspecified atom stereocenters. The molecule has 7 heteroatoms. The molecule has 0 bridgehead atoms. The second kappa shape index (κ2) is 12.7. The maximum atomic E-state index is 5.56. The fraction of sp³-hybridized carbons (Fsp3) is 0.571. The molecule has 0 amide bonds. The van der Waals surface area contributed by atoms with Crippen LogP contribution in [0.5, 0.6) is 11.5 Å². The third-order valence-electron chi connectivity index (χ3n) is 5.10. The van der Waals surface area contributed by atoms with Gasteiger partial charge in [-0.2, -0.15) is 0 Å². The van der Waals surface area contributed by atoms with Crippen LogP contribution in [0.3, 0.4) is 0 Å². The van der Waals surface area contributed by atoms with Crippen molar-refractivity contribution in [3.8, 4) is 23.8 Å². The van der Waals surface area contributed by atoms with Crippen LogP contribution in [-0.2, 0) is 11.3 Å². The first-order valence-corrected chi connectivity index (χ1v) is 9.33. The lowest BCUT2D eigenvalue weighted by molar-refractivity contribution is 0.0732. The third-order valence-corrected chi connectivity index (χ3v) is 5.10. The maximum Gasteiger partial charge on any atom is 0.191 e. The van der Waals surface area contributed by atoms with Crippen molar-refractivity contribution in [2.45, 2.75) is 32.2 Å². The molecule has 156 valence electrons. The highest BCUT2D eigenvalue weighted by atomic mass is 127. The molecule has 0 radical (unpaired) electrons. The second-order valence-corrected chi connectivity index (χ2v) is 6.85. The van der Waals surface area contributed by atoms with Gasteiger partial charge in [0.05, 0.1) is 7.11 Å². The Hall–Kier alpha value is -1.66. The van der Waals surface area contributed by atoms with Crippen LogP contribution in [0.4, 0.5) is 0 Å². The minimum Gasteiger partial charge on any atom is -0.493 e. The number of halogens is 1. The highest BCUT2D eigenvalue weighted by Gasteiger charge is 2.36. The molecule has 0 atom stereocenters. The Labute approximate surface area is 185 Å². The Morgan fingerprint density at radius 3 is 2.61 bits per heavy atom. The topological polar surface area (TPSA) is 64.1 Å². The predicted octanol–water partition coefficient (Wildman–Crippen LogP) is 3.20. The van der Waals surface area contributed by atoms with E-state index in [2.05, 4.69) is 21.5 Å². The van der Waals surface area contributed by atoms with Gasteiger partial charge in [0.15, 0.2) is 17.5 Å². The molecule has 0 aliphatic heterocycles. The molecule has 0 aromatic heterocycles. The average molecular weight is 501 g/mol. The van der Waals surface area contributed by atoms with Gasteiger partial charge in [-0.15, -0.1) is 30.4 Å². The van der Waals surface area contributed by atoms with E-state index in [1.54, 1.807) is 21.3 Å². The molecule has 0 spiro atoms. The number of methoxy groups -OCH3 is 2. The van der Waals surface area contributed by atoms with E-state index in [1.807, 2.05) is 18.2 Å². The molecule has 1 aliphatic carbocycles. The largest absolute Gasteiger partial charge is 0.493 e. The molecule has 2 rings (SSSR count). The molecular formula is C21H32IN3O3. The van der Waals surface area contributed by atoms with E-state index in [1.165, 1.54) is 19.3 Å². The quantitative estimate of drug-likeness (QED) is 0.223. The van der Waals surface area contributed by atoms with Crippen molar-refractivity contribution >= 4 is 29.9 Å². The summed E-state index contributed by atoms with van der Waals surface area (Å²) in [6.07, 6.45) is 10.1. The van der Waals surface area contributed by atoms with Gasteiger partial charge in [-0.3, -0.25) is 4.99 Å². The van der Waals surface area contributed by atoms with Gasteiger partial charge in [0.2, 0.25) is 0 Å². The number of hydrogen-bond acceptors (Lipinski definition) is 4. The maximum absolute atomic E-state index is 5.56. The summed E-state index contributed by atoms with van der Waals surface area (Å²) in [4.78, 5) is 4.33. The molecule has 1 saturated carbocycles. The molecule has 2 N–H and O–H groups in total. The lowest BCUT2D eigenvalue weighted by Crippen LogP contribution is -2.46. The average Bonchev–Trinajstić information content (AvgIpc) is 2.67. The van der Waals surface area contributed by atoms with E-state index in [4.69, 9.17) is 20.6 Å². The van der Waals surface area contributed by atoms with Crippen LogP contribution in [0.25, 0.3) is 0 Å². The fourth-order valence-corrected chi connectivity index (χ4v) is 3.25. The van der Waals surface area contributed by atoms with Crippen molar-refractivity contribution in [2.24, 2.45) is 10.4 Å². The lowest BCUT2D eigenvalue weighted by Gasteiger charge is -2.42. The van der Waals surface area contributed by atoms with Crippen LogP contribution in [0, 0.1) is 17.8 Å². The minimum absolute atomic E-state index is 0. The van der Waals surface area contributed by atoms with Gasteiger partial charge in [-0.1, -0.05) is 18.4 Å². The van der Waals surface area contributed by atoms with Gasteiger partial charge in [-0.25, -0.2) is 0 Å². The fourth-order valence-electron chi connectivity index (χ4n) is 3.25. The highest BCUT2D eigenvalue weighted by molar-refractivity contribution is 14.0. The Bertz CT molecular complexity index is 669. The monoisotopic (exact) mass is 501 g/mol. The van der Waals surface area contributed by atoms with Crippen molar-refractivity contribution in [1.29, 1.82) is 0 Å². The Morgan fingerprint density at radius 1 is 1.25 bits per heavy atom. The summed E-state index contributed by atoms with van der Waals surface area (Å²) in [6.45, 7) is 2.55. The van der Waals surface area contributed by atoms with Crippen LogP contribution >= 0.6 is 24.0 Å². The molecular weight excluding hydrogens is 469 g/mol. The van der Waals surface area contributed by atoms with E-state index in [0.717, 1.165) is 31.1 Å². The summed E-state index contributed by atoms with van der Waals surface area (Å²) in [5.41, 5.74) is 1.40. The Balaban J connectivity index is 0.00000392. The number of benzene rings is 1. The van der Waals surface area contributed by atoms with Crippen molar-refractivity contribution < 1.29 is 14.2 Å². The van der Waals surface area contributed by atoms with Gasteiger partial charge in [0, 0.05) is 33.9 Å². The summed E-state index contributed by atoms with van der Waals surface area (Å²) < 4.78 is 16.1. The van der Waals surface area contributed by atoms with Crippen molar-refractivity contribution in [3.63, 3.8) is 0 Å². The summed E-state index contributed by atoms with van der Waals surface area (Å²) in [7, 11) is 5.16. The van der Waals surface area contributed by atoms with Gasteiger partial charge in [0.25, 0.3) is 0 Å². The molecule has 1 aromatic rings. The second-order valence-electron chi connectivity index (χ2n) is 6.85. The van der Waals surface area contributed by atoms with Crippen LogP contribution in [0.2, 0.25) is 0 Å². The summed E-state index contributed by atoms with van der Waals surface area (Å²) in [5, 5.41) is 6.82. The number of terminal acetylenes is 1. The first-order chi connectivity index (χ1) is 13.2. The zero-order valence-corrected chi connectivity index (χ0v) is 19.4. The van der Waals surface area contributed by atoms with Crippen molar-refractivity contribution in [3.05, 3.63) is 23.8 Å². The van der Waals surface area contributed by atoms with Crippen LogP contribution in [0.1, 0.15) is 31.2 Å². The zero-order chi connectivity index (χ0) is 19.5. The number of nitrogens with zero attached hydrogens (tertiary/aromatic N) is 1. The molecule has 1 fully saturated rings. The number of ether oxygens (including phenoxy) is 3. The van der Waals surface area contributed by atoms with Crippen LogP contribution in [0.15, 0.2) is 23.2 Å². The van der Waals surface area contributed by atoms with E-state index >= 15 is 0 Å². The van der Waals surface area contributed by atoms with Crippen LogP contribution < -0.4 is 20.1 Å². The SMILES string of the molecule is C#CCOc1cc(CNC(=NC)NCC2(CCOC)CCC2)ccc1OC.I. The van der Waals surface area contributed by atoms with E-state index < -0.39 is 0 Å². The van der Waals surface area contributed by atoms with E-state index in [9.17, 15) is 0 Å². The van der Waals surface area contributed by atoms with Gasteiger partial charge in [0.1, 0.15) is 6.61 Å². The van der Waals surface area contributed by atoms with E-state index in [-0.39, 0.29) is 30.6 Å². The summed E-state index contributed by atoms with van der Waals surface area (Å²) in [6, 6.07) is 5.81. The standard InChI is InChI=1S/C21H31N3O3.HI/c1-5-12-27-19-14-17(7-8-18(19)26-4)15-23-20(22-2)24-16-21(9-6-10-21)11-13-25-3;/h1,7-8,14H,6,9-13,15-16H2,2-4H3,(H2,22,23,24);1H. The zero-order valence-electron chi connectivity index (χ0n) is 17.0. The van der Waals surface area contributed by atoms with Gasteiger partial charge >= 0.3 is 0 Å². The molecule has 1 aliphatic rings. The summed E-state index contributed by atoms with van der Waals surface area (Å²) >= 11 is 0. The molecule has 0 heterocycles. The Kier molecular flexibility index (Phi) is 11.1. The summed E-state index contributed by atoms with van der Waals surface area (Å²) in [5.74, 6) is 4.58. The molecule has 28 heavy (non-hydrogen) atoms. The number of nitrogens with one attached hydrogen (secondary N) is 2.